The summed E-state index contributed by atoms with van der Waals surface area (Å²) in [4.78, 5) is 23.4. The smallest absolute Gasteiger partial charge is 0.316 e. The minimum atomic E-state index is -0.588. The Morgan fingerprint density at radius 3 is 2.13 bits per heavy atom. The summed E-state index contributed by atoms with van der Waals surface area (Å²) in [5.74, 6) is -1.01. The first-order chi connectivity index (χ1) is 6.84. The predicted molar refractivity (Wildman–Crippen MR) is 59.5 cm³/mol. The van der Waals surface area contributed by atoms with Crippen molar-refractivity contribution in [1.29, 1.82) is 0 Å². The summed E-state index contributed by atoms with van der Waals surface area (Å²) in [5, 5.41) is 0. The van der Waals surface area contributed by atoms with Gasteiger partial charge >= 0.3 is 5.97 Å². The van der Waals surface area contributed by atoms with E-state index in [1.807, 2.05) is 27.7 Å². The molecule has 0 heterocycles. The number of ketones is 1. The molecular weight excluding hydrogens is 192 g/mol. The first kappa shape index (κ1) is 14.1. The Hall–Kier alpha value is -0.860. The molecule has 0 aromatic rings. The average molecular weight is 214 g/mol. The molecule has 0 N–H and O–H groups in total. The molecule has 0 fully saturated rings. The standard InChI is InChI=1S/C12H22O3/c1-6-7-8-9(11(14)15-5)10(13)12(2,3)4/h9H,6-8H2,1-5H3. The van der Waals surface area contributed by atoms with E-state index in [2.05, 4.69) is 4.74 Å². The quantitative estimate of drug-likeness (QED) is 0.522. The topological polar surface area (TPSA) is 43.4 Å². The zero-order valence-electron chi connectivity index (χ0n) is 10.4. The van der Waals surface area contributed by atoms with E-state index < -0.39 is 17.3 Å². The van der Waals surface area contributed by atoms with Crippen LogP contribution in [0.1, 0.15) is 47.0 Å². The molecule has 0 aromatic heterocycles. The van der Waals surface area contributed by atoms with E-state index in [1.54, 1.807) is 0 Å². The Labute approximate surface area is 92.2 Å². The molecule has 0 saturated heterocycles. The van der Waals surface area contributed by atoms with E-state index >= 15 is 0 Å². The van der Waals surface area contributed by atoms with E-state index in [0.29, 0.717) is 6.42 Å². The number of unbranched alkanes of at least 4 members (excludes halogenated alkanes) is 1. The van der Waals surface area contributed by atoms with Gasteiger partial charge < -0.3 is 4.74 Å². The van der Waals surface area contributed by atoms with Crippen LogP contribution in [-0.4, -0.2) is 18.9 Å². The Balaban J connectivity index is 4.63. The molecule has 15 heavy (non-hydrogen) atoms. The molecule has 0 aliphatic heterocycles. The number of carbonyl (C=O) groups is 2. The van der Waals surface area contributed by atoms with Gasteiger partial charge in [-0.1, -0.05) is 40.5 Å². The van der Waals surface area contributed by atoms with Gasteiger partial charge in [0.1, 0.15) is 5.92 Å². The molecule has 3 nitrogen and oxygen atoms in total. The van der Waals surface area contributed by atoms with Gasteiger partial charge in [-0.15, -0.1) is 0 Å². The zero-order chi connectivity index (χ0) is 12.1. The summed E-state index contributed by atoms with van der Waals surface area (Å²) in [5.41, 5.74) is -0.480. The van der Waals surface area contributed by atoms with Crippen LogP contribution in [0.5, 0.6) is 0 Å². The van der Waals surface area contributed by atoms with Crippen molar-refractivity contribution in [2.24, 2.45) is 11.3 Å². The SMILES string of the molecule is CCCCC(C(=O)OC)C(=O)C(C)(C)C. The van der Waals surface area contributed by atoms with Crippen LogP contribution in [0, 0.1) is 11.3 Å². The third-order valence-corrected chi connectivity index (χ3v) is 2.39. The number of carbonyl (C=O) groups excluding carboxylic acids is 2. The third-order valence-electron chi connectivity index (χ3n) is 2.39. The molecule has 0 radical (unpaired) electrons. The Bertz CT molecular complexity index is 226. The second-order valence-electron chi connectivity index (χ2n) is 4.83. The monoisotopic (exact) mass is 214 g/mol. The summed E-state index contributed by atoms with van der Waals surface area (Å²) >= 11 is 0. The van der Waals surface area contributed by atoms with Gasteiger partial charge in [0.2, 0.25) is 0 Å². The maximum atomic E-state index is 12.0. The largest absolute Gasteiger partial charge is 0.468 e. The van der Waals surface area contributed by atoms with Crippen LogP contribution in [0.2, 0.25) is 0 Å². The molecule has 0 saturated carbocycles. The normalized spacial score (nSPS) is 13.4. The van der Waals surface area contributed by atoms with Gasteiger partial charge in [-0.05, 0) is 6.42 Å². The summed E-state index contributed by atoms with van der Waals surface area (Å²) in [7, 11) is 1.33. The molecule has 88 valence electrons. The highest BCUT2D eigenvalue weighted by atomic mass is 16.5. The second kappa shape index (κ2) is 5.89. The summed E-state index contributed by atoms with van der Waals surface area (Å²) in [6, 6.07) is 0. The highest BCUT2D eigenvalue weighted by Crippen LogP contribution is 2.24. The van der Waals surface area contributed by atoms with Crippen molar-refractivity contribution in [3.8, 4) is 0 Å². The number of esters is 1. The number of ether oxygens (including phenoxy) is 1. The van der Waals surface area contributed by atoms with Crippen LogP contribution in [0.25, 0.3) is 0 Å². The summed E-state index contributed by atoms with van der Waals surface area (Å²) in [6.45, 7) is 7.53. The van der Waals surface area contributed by atoms with Crippen LogP contribution in [0.3, 0.4) is 0 Å². The van der Waals surface area contributed by atoms with E-state index in [4.69, 9.17) is 0 Å². The van der Waals surface area contributed by atoms with E-state index in [9.17, 15) is 9.59 Å². The van der Waals surface area contributed by atoms with Crippen molar-refractivity contribution in [3.63, 3.8) is 0 Å². The van der Waals surface area contributed by atoms with E-state index in [-0.39, 0.29) is 5.78 Å². The lowest BCUT2D eigenvalue weighted by Crippen LogP contribution is -2.34. The van der Waals surface area contributed by atoms with Crippen LogP contribution >= 0.6 is 0 Å². The molecule has 0 amide bonds. The lowest BCUT2D eigenvalue weighted by atomic mass is 9.81. The minimum Gasteiger partial charge on any atom is -0.468 e. The second-order valence-corrected chi connectivity index (χ2v) is 4.83. The fourth-order valence-electron chi connectivity index (χ4n) is 1.43. The van der Waals surface area contributed by atoms with E-state index in [0.717, 1.165) is 12.8 Å². The molecule has 0 rings (SSSR count). The third kappa shape index (κ3) is 4.45. The first-order valence-electron chi connectivity index (χ1n) is 5.46. The van der Waals surface area contributed by atoms with Crippen molar-refractivity contribution in [2.45, 2.75) is 47.0 Å². The van der Waals surface area contributed by atoms with Gasteiger partial charge in [0, 0.05) is 5.41 Å². The fourth-order valence-corrected chi connectivity index (χ4v) is 1.43. The molecule has 0 spiro atoms. The fraction of sp³-hybridized carbons (Fsp3) is 0.833. The lowest BCUT2D eigenvalue weighted by Gasteiger charge is -2.22. The molecule has 0 aromatic carbocycles. The number of hydrogen-bond donors (Lipinski definition) is 0. The molecule has 1 atom stereocenters. The van der Waals surface area contributed by atoms with Crippen molar-refractivity contribution >= 4 is 11.8 Å². The minimum absolute atomic E-state index is 0.0252. The van der Waals surface area contributed by atoms with Crippen LogP contribution in [0.4, 0.5) is 0 Å². The number of rotatable bonds is 5. The Morgan fingerprint density at radius 1 is 1.27 bits per heavy atom. The number of Topliss-reactive ketones (excluding diaryl/α,β-unsaturated/α-hetero) is 1. The molecule has 3 heteroatoms. The first-order valence-corrected chi connectivity index (χ1v) is 5.46. The summed E-state index contributed by atoms with van der Waals surface area (Å²) < 4.78 is 4.67. The van der Waals surface area contributed by atoms with E-state index in [1.165, 1.54) is 7.11 Å². The Morgan fingerprint density at radius 2 is 1.80 bits per heavy atom. The van der Waals surface area contributed by atoms with Crippen molar-refractivity contribution in [2.75, 3.05) is 7.11 Å². The highest BCUT2D eigenvalue weighted by Gasteiger charge is 2.34. The van der Waals surface area contributed by atoms with Crippen LogP contribution < -0.4 is 0 Å². The van der Waals surface area contributed by atoms with Crippen molar-refractivity contribution in [3.05, 3.63) is 0 Å². The van der Waals surface area contributed by atoms with Crippen molar-refractivity contribution in [1.82, 2.24) is 0 Å². The summed E-state index contributed by atoms with van der Waals surface area (Å²) in [6.07, 6.45) is 2.45. The van der Waals surface area contributed by atoms with Gasteiger partial charge in [0.15, 0.2) is 5.78 Å². The number of hydrogen-bond acceptors (Lipinski definition) is 3. The lowest BCUT2D eigenvalue weighted by molar-refractivity contribution is -0.152. The zero-order valence-corrected chi connectivity index (χ0v) is 10.4. The van der Waals surface area contributed by atoms with Crippen molar-refractivity contribution < 1.29 is 14.3 Å². The van der Waals surface area contributed by atoms with Gasteiger partial charge in [0.25, 0.3) is 0 Å². The molecule has 1 unspecified atom stereocenters. The predicted octanol–water partition coefficient (Wildman–Crippen LogP) is 2.58. The highest BCUT2D eigenvalue weighted by molar-refractivity contribution is 6.01. The van der Waals surface area contributed by atoms with Crippen LogP contribution in [0.15, 0.2) is 0 Å². The molecular formula is C12H22O3. The van der Waals surface area contributed by atoms with Gasteiger partial charge in [-0.2, -0.15) is 0 Å². The molecule has 0 aliphatic carbocycles. The average Bonchev–Trinajstić information content (AvgIpc) is 2.16. The van der Waals surface area contributed by atoms with Gasteiger partial charge in [-0.25, -0.2) is 0 Å². The Kier molecular flexibility index (Phi) is 5.55. The number of methoxy groups -OCH3 is 1. The maximum Gasteiger partial charge on any atom is 0.316 e. The van der Waals surface area contributed by atoms with Gasteiger partial charge in [-0.3, -0.25) is 9.59 Å². The molecule has 0 bridgehead atoms. The molecule has 0 aliphatic rings. The van der Waals surface area contributed by atoms with Gasteiger partial charge in [0.05, 0.1) is 7.11 Å². The maximum absolute atomic E-state index is 12.0. The van der Waals surface area contributed by atoms with Crippen LogP contribution in [-0.2, 0) is 14.3 Å².